The van der Waals surface area contributed by atoms with Gasteiger partial charge in [-0.15, -0.1) is 16.6 Å². The van der Waals surface area contributed by atoms with E-state index < -0.39 is 0 Å². The fraction of sp³-hybridized carbons (Fsp3) is 0.284. The Bertz CT molecular complexity index is 4540. The molecule has 18 nitrogen and oxygen atoms in total. The number of rotatable bonds is 5. The van der Waals surface area contributed by atoms with Crippen molar-refractivity contribution in [1.29, 1.82) is 0 Å². The van der Waals surface area contributed by atoms with E-state index in [4.69, 9.17) is 21.9 Å². The monoisotopic (exact) mass is 1130 g/mol. The van der Waals surface area contributed by atoms with Crippen LogP contribution in [-0.4, -0.2) is 58.6 Å². The van der Waals surface area contributed by atoms with Crippen LogP contribution in [0.5, 0.6) is 0 Å². The Morgan fingerprint density at radius 1 is 0.553 bits per heavy atom. The second-order valence-corrected chi connectivity index (χ2v) is 23.9. The summed E-state index contributed by atoms with van der Waals surface area (Å²) in [6.07, 6.45) is 14.6. The molecule has 3 aliphatic heterocycles. The van der Waals surface area contributed by atoms with E-state index in [0.29, 0.717) is 27.4 Å². The van der Waals surface area contributed by atoms with Gasteiger partial charge >= 0.3 is 0 Å². The molecule has 8 heterocycles. The molecule has 85 heavy (non-hydrogen) atoms. The molecular formula is C67H67N15O3. The zero-order chi connectivity index (χ0) is 58.8. The van der Waals surface area contributed by atoms with Crippen molar-refractivity contribution in [3.05, 3.63) is 223 Å². The quantitative estimate of drug-likeness (QED) is 0.0687. The van der Waals surface area contributed by atoms with Crippen molar-refractivity contribution in [2.24, 2.45) is 21.4 Å². The Balaban J connectivity index is 0.000000133. The van der Waals surface area contributed by atoms with Crippen molar-refractivity contribution in [3.8, 4) is 46.2 Å². The Labute approximate surface area is 492 Å². The van der Waals surface area contributed by atoms with Gasteiger partial charge in [-0.25, -0.2) is 24.3 Å². The molecule has 0 fully saturated rings. The summed E-state index contributed by atoms with van der Waals surface area (Å²) in [6.45, 7) is 15.4. The molecule has 0 atom stereocenters. The highest BCUT2D eigenvalue weighted by molar-refractivity contribution is 5.84. The van der Waals surface area contributed by atoms with Crippen LogP contribution in [0.2, 0.25) is 0 Å². The molecular weight excluding hydrogens is 1060 g/mol. The number of nitrogens with zero attached hydrogens (tertiary/aromatic N) is 15. The number of fused-ring (bicyclic) bond motifs is 6. The predicted octanol–water partition coefficient (Wildman–Crippen LogP) is 12.8. The fourth-order valence-electron chi connectivity index (χ4n) is 11.0. The van der Waals surface area contributed by atoms with Crippen LogP contribution >= 0.6 is 0 Å². The molecule has 0 amide bonds. The number of terminal acetylenes is 1. The SMILES string of the molecule is C.C#Cc1ccc2c(=O)n3c(nc2c1)CCC(C)(C)C3.CC1(C)CCc2nc3cc(-c4cn(-c5ccccc5)nn4)ccc3c(=O)n2C1.CC1(C)CCc2nc3cc(-c4cnnn4-c4ccccc4)ccc3c(=O)n2C1.[N-]=[N+]=Nc1ccccc1. The van der Waals surface area contributed by atoms with Crippen LogP contribution in [0.3, 0.4) is 0 Å². The summed E-state index contributed by atoms with van der Waals surface area (Å²) in [5.74, 6) is 5.22. The minimum absolute atomic E-state index is 0. The third-order valence-electron chi connectivity index (χ3n) is 15.7. The maximum atomic E-state index is 13.0. The van der Waals surface area contributed by atoms with Gasteiger partial charge in [0.25, 0.3) is 16.7 Å². The zero-order valence-electron chi connectivity index (χ0n) is 47.9. The van der Waals surface area contributed by atoms with E-state index in [-0.39, 0.29) is 40.3 Å². The molecule has 0 radical (unpaired) electrons. The fourth-order valence-corrected chi connectivity index (χ4v) is 11.0. The second-order valence-electron chi connectivity index (χ2n) is 23.9. The first kappa shape index (κ1) is 58.1. The van der Waals surface area contributed by atoms with Crippen LogP contribution in [-0.2, 0) is 38.9 Å². The molecule has 0 saturated heterocycles. The van der Waals surface area contributed by atoms with Crippen molar-refractivity contribution in [2.75, 3.05) is 0 Å². The largest absolute Gasteiger partial charge is 0.296 e. The summed E-state index contributed by atoms with van der Waals surface area (Å²) < 4.78 is 9.06. The maximum Gasteiger partial charge on any atom is 0.261 e. The van der Waals surface area contributed by atoms with Crippen LogP contribution in [0.25, 0.3) is 77.0 Å². The molecule has 428 valence electrons. The third-order valence-corrected chi connectivity index (χ3v) is 15.7. The predicted molar refractivity (Wildman–Crippen MR) is 335 cm³/mol. The third kappa shape index (κ3) is 12.6. The van der Waals surface area contributed by atoms with Gasteiger partial charge < -0.3 is 0 Å². The molecule has 0 N–H and O–H groups in total. The lowest BCUT2D eigenvalue weighted by atomic mass is 9.85. The van der Waals surface area contributed by atoms with E-state index in [9.17, 15) is 14.4 Å². The Morgan fingerprint density at radius 3 is 1.49 bits per heavy atom. The summed E-state index contributed by atoms with van der Waals surface area (Å²) in [7, 11) is 0. The summed E-state index contributed by atoms with van der Waals surface area (Å²) >= 11 is 0. The van der Waals surface area contributed by atoms with Gasteiger partial charge in [0.15, 0.2) is 0 Å². The lowest BCUT2D eigenvalue weighted by Crippen LogP contribution is -2.36. The van der Waals surface area contributed by atoms with E-state index >= 15 is 0 Å². The standard InChI is InChI=1S/2C22H21N5O.C16H16N2O.C6H5N3.CH4/c1-22(2)11-10-20-23-18-12-15(8-9-17(18)21(28)26(20)14-22)19-13-27(25-24-19)16-6-4-3-5-7-16;1-22(2)11-10-20-24-18-12-15(8-9-17(18)21(28)26(20)14-22)19-13-23-25-27(19)16-6-4-3-5-7-16;1-4-11-5-6-12-13(9-11)17-14-7-8-16(2,3)10-18(14)15(12)19;7-9-8-6-4-2-1-3-5-6;/h2*3-9,12-13H,10-11,14H2,1-2H3;1,5-6,9H,7-8,10H2,2-3H3;1-5H;1H4. The molecule has 0 saturated carbocycles. The summed E-state index contributed by atoms with van der Waals surface area (Å²) in [5.41, 5.74) is 17.5. The van der Waals surface area contributed by atoms with Crippen LogP contribution in [0.4, 0.5) is 5.69 Å². The van der Waals surface area contributed by atoms with Gasteiger partial charge in [-0.3, -0.25) is 28.1 Å². The highest BCUT2D eigenvalue weighted by Crippen LogP contribution is 2.33. The number of hydrogen-bond acceptors (Lipinski definition) is 11. The molecule has 3 aliphatic rings. The number of hydrogen-bond donors (Lipinski definition) is 0. The Hall–Kier alpha value is -10.1. The Kier molecular flexibility index (Phi) is 16.4. The van der Waals surface area contributed by atoms with Gasteiger partial charge in [-0.2, -0.15) is 0 Å². The van der Waals surface area contributed by atoms with Crippen molar-refractivity contribution in [2.45, 2.75) is 107 Å². The van der Waals surface area contributed by atoms with Gasteiger partial charge in [0, 0.05) is 66.2 Å². The first-order valence-corrected chi connectivity index (χ1v) is 28.1. The smallest absolute Gasteiger partial charge is 0.261 e. The van der Waals surface area contributed by atoms with Crippen LogP contribution in [0, 0.1) is 28.6 Å². The van der Waals surface area contributed by atoms with E-state index in [2.05, 4.69) is 83.1 Å². The molecule has 18 heteroatoms. The van der Waals surface area contributed by atoms with Crippen LogP contribution < -0.4 is 16.7 Å². The summed E-state index contributed by atoms with van der Waals surface area (Å²) in [6, 6.07) is 45.7. The van der Waals surface area contributed by atoms with Crippen molar-refractivity contribution in [3.63, 3.8) is 0 Å². The zero-order valence-corrected chi connectivity index (χ0v) is 47.9. The summed E-state index contributed by atoms with van der Waals surface area (Å²) in [5, 5.41) is 22.2. The van der Waals surface area contributed by atoms with Gasteiger partial charge in [-0.1, -0.05) is 149 Å². The van der Waals surface area contributed by atoms with Crippen LogP contribution in [0.1, 0.15) is 91.3 Å². The normalized spacial score (nSPS) is 14.8. The van der Waals surface area contributed by atoms with E-state index in [1.54, 1.807) is 39.8 Å². The first-order valence-electron chi connectivity index (χ1n) is 28.1. The van der Waals surface area contributed by atoms with E-state index in [1.165, 1.54) is 0 Å². The molecule has 14 rings (SSSR count). The lowest BCUT2D eigenvalue weighted by Gasteiger charge is -2.31. The topological polar surface area (TPSA) is 215 Å². The molecule has 0 bridgehead atoms. The van der Waals surface area contributed by atoms with Crippen molar-refractivity contribution < 1.29 is 0 Å². The van der Waals surface area contributed by atoms with Gasteiger partial charge in [-0.05, 0) is 108 Å². The molecule has 0 aliphatic carbocycles. The number of azide groups is 1. The first-order chi connectivity index (χ1) is 40.4. The van der Waals surface area contributed by atoms with Crippen molar-refractivity contribution >= 4 is 38.4 Å². The second kappa shape index (κ2) is 24.0. The average molecular weight is 1130 g/mol. The number of aromatic nitrogens is 12. The molecule has 11 aromatic rings. The highest BCUT2D eigenvalue weighted by atomic mass is 16.1. The van der Waals surface area contributed by atoms with Gasteiger partial charge in [0.2, 0.25) is 0 Å². The molecule has 0 spiro atoms. The minimum Gasteiger partial charge on any atom is -0.296 e. The lowest BCUT2D eigenvalue weighted by molar-refractivity contribution is 0.240. The Morgan fingerprint density at radius 2 is 1.00 bits per heavy atom. The van der Waals surface area contributed by atoms with Crippen molar-refractivity contribution in [1.82, 2.24) is 58.6 Å². The molecule has 6 aromatic carbocycles. The van der Waals surface area contributed by atoms with E-state index in [1.807, 2.05) is 141 Å². The minimum atomic E-state index is 0. The number of aryl methyl sites for hydroxylation is 3. The molecule has 0 unspecified atom stereocenters. The number of benzene rings is 6. The van der Waals surface area contributed by atoms with Crippen LogP contribution in [0.15, 0.2) is 177 Å². The van der Waals surface area contributed by atoms with Gasteiger partial charge in [0.05, 0.1) is 62.2 Å². The van der Waals surface area contributed by atoms with Gasteiger partial charge in [0.1, 0.15) is 23.2 Å². The van der Waals surface area contributed by atoms with E-state index in [0.717, 1.165) is 126 Å². The average Bonchev–Trinajstić information content (AvgIpc) is 3.37. The molecule has 5 aromatic heterocycles. The highest BCUT2D eigenvalue weighted by Gasteiger charge is 2.30. The number of para-hydroxylation sites is 2. The summed E-state index contributed by atoms with van der Waals surface area (Å²) in [4.78, 5) is 55.4. The maximum absolute atomic E-state index is 13.0.